The van der Waals surface area contributed by atoms with Crippen molar-refractivity contribution in [3.05, 3.63) is 17.7 Å². The lowest BCUT2D eigenvalue weighted by Gasteiger charge is -2.11. The minimum absolute atomic E-state index is 0.312. The smallest absolute Gasteiger partial charge is 0.160 e. The lowest BCUT2D eigenvalue weighted by Crippen LogP contribution is -2.05. The molecule has 0 aromatic carbocycles. The topological polar surface area (TPSA) is 35.0 Å². The fourth-order valence-electron chi connectivity index (χ4n) is 1.24. The summed E-state index contributed by atoms with van der Waals surface area (Å²) in [5.41, 5.74) is 0.788. The van der Waals surface area contributed by atoms with Gasteiger partial charge in [0.15, 0.2) is 5.75 Å². The maximum absolute atomic E-state index is 5.85. The summed E-state index contributed by atoms with van der Waals surface area (Å²) in [5.74, 6) is 2.21. The zero-order valence-corrected chi connectivity index (χ0v) is 10.9. The highest BCUT2D eigenvalue weighted by Crippen LogP contribution is 2.20. The van der Waals surface area contributed by atoms with Crippen molar-refractivity contribution >= 4 is 11.6 Å². The van der Waals surface area contributed by atoms with E-state index >= 15 is 0 Å². The Bertz CT molecular complexity index is 329. The molecule has 0 N–H and O–H groups in total. The number of ether oxygens (including phenoxy) is 1. The van der Waals surface area contributed by atoms with Crippen LogP contribution >= 0.6 is 11.6 Å². The Hall–Kier alpha value is -0.830. The Morgan fingerprint density at radius 2 is 2.19 bits per heavy atom. The molecule has 4 heteroatoms. The summed E-state index contributed by atoms with van der Waals surface area (Å²) in [6.07, 6.45) is 3.88. The van der Waals surface area contributed by atoms with Crippen molar-refractivity contribution in [2.75, 3.05) is 6.61 Å². The van der Waals surface area contributed by atoms with Gasteiger partial charge in [0, 0.05) is 5.92 Å². The predicted octanol–water partition coefficient (Wildman–Crippen LogP) is 3.52. The number of hydrogen-bond acceptors (Lipinski definition) is 3. The number of alkyl halides is 1. The molecule has 0 aliphatic heterocycles. The van der Waals surface area contributed by atoms with Gasteiger partial charge in [-0.15, -0.1) is 11.6 Å². The van der Waals surface area contributed by atoms with Crippen molar-refractivity contribution in [1.29, 1.82) is 0 Å². The van der Waals surface area contributed by atoms with Gasteiger partial charge in [-0.05, 0) is 6.42 Å². The molecule has 0 atom stereocenters. The van der Waals surface area contributed by atoms with Gasteiger partial charge in [0.25, 0.3) is 0 Å². The molecule has 16 heavy (non-hydrogen) atoms. The van der Waals surface area contributed by atoms with E-state index in [0.29, 0.717) is 24.2 Å². The molecule has 0 saturated heterocycles. The van der Waals surface area contributed by atoms with Gasteiger partial charge in [-0.25, -0.2) is 9.97 Å². The van der Waals surface area contributed by atoms with E-state index in [4.69, 9.17) is 16.3 Å². The summed E-state index contributed by atoms with van der Waals surface area (Å²) in [6.45, 7) is 6.95. The Labute approximate surface area is 102 Å². The highest BCUT2D eigenvalue weighted by molar-refractivity contribution is 6.17. The van der Waals surface area contributed by atoms with Crippen LogP contribution in [0.1, 0.15) is 51.0 Å². The molecule has 90 valence electrons. The molecule has 0 spiro atoms. The highest BCUT2D eigenvalue weighted by atomic mass is 35.5. The van der Waals surface area contributed by atoms with Crippen LogP contribution in [0.4, 0.5) is 0 Å². The molecule has 0 fully saturated rings. The van der Waals surface area contributed by atoms with Crippen LogP contribution in [0, 0.1) is 0 Å². The largest absolute Gasteiger partial charge is 0.490 e. The van der Waals surface area contributed by atoms with Crippen LogP contribution in [-0.4, -0.2) is 16.6 Å². The van der Waals surface area contributed by atoms with Gasteiger partial charge in [0.05, 0.1) is 18.7 Å². The molecule has 0 saturated carbocycles. The van der Waals surface area contributed by atoms with Gasteiger partial charge in [0.2, 0.25) is 0 Å². The van der Waals surface area contributed by atoms with Crippen LogP contribution in [0.3, 0.4) is 0 Å². The number of nitrogens with zero attached hydrogens (tertiary/aromatic N) is 2. The minimum Gasteiger partial charge on any atom is -0.490 e. The Balaban J connectivity index is 2.76. The van der Waals surface area contributed by atoms with Crippen LogP contribution in [0.15, 0.2) is 6.20 Å². The molecule has 0 unspecified atom stereocenters. The van der Waals surface area contributed by atoms with Crippen LogP contribution in [0.5, 0.6) is 5.75 Å². The highest BCUT2D eigenvalue weighted by Gasteiger charge is 2.09. The van der Waals surface area contributed by atoms with Gasteiger partial charge in [-0.2, -0.15) is 0 Å². The fraction of sp³-hybridized carbons (Fsp3) is 0.667. The number of halogens is 1. The lowest BCUT2D eigenvalue weighted by molar-refractivity contribution is 0.303. The van der Waals surface area contributed by atoms with Crippen LogP contribution in [0.2, 0.25) is 0 Å². The van der Waals surface area contributed by atoms with Crippen molar-refractivity contribution < 1.29 is 4.74 Å². The first kappa shape index (κ1) is 13.2. The van der Waals surface area contributed by atoms with Crippen molar-refractivity contribution in [3.8, 4) is 5.75 Å². The second-order valence-corrected chi connectivity index (χ2v) is 4.30. The minimum atomic E-state index is 0.312. The monoisotopic (exact) mass is 242 g/mol. The maximum Gasteiger partial charge on any atom is 0.160 e. The Kier molecular flexibility index (Phi) is 5.53. The second-order valence-electron chi connectivity index (χ2n) is 4.03. The molecule has 1 aromatic heterocycles. The van der Waals surface area contributed by atoms with E-state index in [-0.39, 0.29) is 0 Å². The number of rotatable bonds is 6. The first-order chi connectivity index (χ1) is 7.69. The van der Waals surface area contributed by atoms with Crippen molar-refractivity contribution in [1.82, 2.24) is 9.97 Å². The van der Waals surface area contributed by atoms with E-state index in [1.807, 2.05) is 0 Å². The molecule has 1 heterocycles. The molecule has 0 aliphatic carbocycles. The summed E-state index contributed by atoms with van der Waals surface area (Å²) in [7, 11) is 0. The van der Waals surface area contributed by atoms with E-state index in [1.165, 1.54) is 0 Å². The Morgan fingerprint density at radius 3 is 2.75 bits per heavy atom. The second kappa shape index (κ2) is 6.69. The first-order valence-electron chi connectivity index (χ1n) is 5.73. The molecule has 0 bridgehead atoms. The van der Waals surface area contributed by atoms with E-state index in [1.54, 1.807) is 6.20 Å². The van der Waals surface area contributed by atoms with Gasteiger partial charge in [0.1, 0.15) is 11.5 Å². The zero-order chi connectivity index (χ0) is 12.0. The van der Waals surface area contributed by atoms with Crippen molar-refractivity contribution in [2.45, 2.75) is 45.4 Å². The third-order valence-corrected chi connectivity index (χ3v) is 2.50. The summed E-state index contributed by atoms with van der Waals surface area (Å²) in [4.78, 5) is 8.67. The van der Waals surface area contributed by atoms with Crippen LogP contribution < -0.4 is 4.74 Å². The normalized spacial score (nSPS) is 10.8. The SMILES string of the molecule is CCCCOc1cnc(C(C)C)nc1CCl. The zero-order valence-electron chi connectivity index (χ0n) is 10.2. The molecule has 0 amide bonds. The standard InChI is InChI=1S/C12H19ClN2O/c1-4-5-6-16-11-8-14-12(9(2)3)15-10(11)7-13/h8-9H,4-7H2,1-3H3. The van der Waals surface area contributed by atoms with Crippen LogP contribution in [-0.2, 0) is 5.88 Å². The number of aromatic nitrogens is 2. The van der Waals surface area contributed by atoms with E-state index in [2.05, 4.69) is 30.7 Å². The summed E-state index contributed by atoms with van der Waals surface area (Å²) < 4.78 is 5.59. The molecule has 0 radical (unpaired) electrons. The van der Waals surface area contributed by atoms with Crippen molar-refractivity contribution in [2.24, 2.45) is 0 Å². The summed E-state index contributed by atoms with van der Waals surface area (Å²) >= 11 is 5.85. The number of hydrogen-bond donors (Lipinski definition) is 0. The molecule has 1 rings (SSSR count). The van der Waals surface area contributed by atoms with Crippen LogP contribution in [0.25, 0.3) is 0 Å². The third kappa shape index (κ3) is 3.63. The van der Waals surface area contributed by atoms with E-state index < -0.39 is 0 Å². The van der Waals surface area contributed by atoms with Gasteiger partial charge in [-0.3, -0.25) is 0 Å². The van der Waals surface area contributed by atoms with Gasteiger partial charge >= 0.3 is 0 Å². The van der Waals surface area contributed by atoms with Crippen molar-refractivity contribution in [3.63, 3.8) is 0 Å². The lowest BCUT2D eigenvalue weighted by atomic mass is 10.2. The Morgan fingerprint density at radius 1 is 1.44 bits per heavy atom. The molecule has 3 nitrogen and oxygen atoms in total. The predicted molar refractivity (Wildman–Crippen MR) is 66.1 cm³/mol. The van der Waals surface area contributed by atoms with Gasteiger partial charge in [-0.1, -0.05) is 27.2 Å². The average Bonchev–Trinajstić information content (AvgIpc) is 2.29. The maximum atomic E-state index is 5.85. The molecular formula is C12H19ClN2O. The molecule has 0 aliphatic rings. The van der Waals surface area contributed by atoms with E-state index in [9.17, 15) is 0 Å². The quantitative estimate of drug-likeness (QED) is 0.566. The molecule has 1 aromatic rings. The summed E-state index contributed by atoms with van der Waals surface area (Å²) in [6, 6.07) is 0. The fourth-order valence-corrected chi connectivity index (χ4v) is 1.43. The molecular weight excluding hydrogens is 224 g/mol. The average molecular weight is 243 g/mol. The number of unbranched alkanes of at least 4 members (excludes halogenated alkanes) is 1. The third-order valence-electron chi connectivity index (χ3n) is 2.25. The first-order valence-corrected chi connectivity index (χ1v) is 6.27. The summed E-state index contributed by atoms with van der Waals surface area (Å²) in [5, 5.41) is 0. The van der Waals surface area contributed by atoms with E-state index in [0.717, 1.165) is 24.4 Å². The van der Waals surface area contributed by atoms with Gasteiger partial charge < -0.3 is 4.74 Å².